The first-order chi connectivity index (χ1) is 38.1. The number of rotatable bonds is 14. The Morgan fingerprint density at radius 3 is 1.49 bits per heavy atom. The molecule has 0 amide bonds. The average molecular weight is 1080 g/mol. The molecular weight excluding hydrogens is 1030 g/mol. The van der Waals surface area contributed by atoms with E-state index in [1.807, 2.05) is 95.7 Å². The molecule has 0 saturated carbocycles. The number of aromatic amines is 1. The molecule has 0 radical (unpaired) electrons. The predicted octanol–water partition coefficient (Wildman–Crippen LogP) is 11.9. The molecule has 402 valence electrons. The number of carbonyl (C=O) groups is 2. The number of nitrogens with zero attached hydrogens (tertiary/aromatic N) is 7. The number of hydrogen-bond acceptors (Lipinski definition) is 14. The largest absolute Gasteiger partial charge is 0.573 e. The van der Waals surface area contributed by atoms with Crippen molar-refractivity contribution >= 4 is 35.2 Å². The van der Waals surface area contributed by atoms with Crippen molar-refractivity contribution in [2.24, 2.45) is 0 Å². The minimum Gasteiger partial charge on any atom is -0.461 e. The fraction of sp³-hybridized carbons (Fsp3) is 0.193. The van der Waals surface area contributed by atoms with Crippen LogP contribution in [0.2, 0.25) is 0 Å². The number of hydrogen-bond donors (Lipinski definition) is 3. The zero-order valence-corrected chi connectivity index (χ0v) is 42.0. The smallest absolute Gasteiger partial charge is 0.461 e. The summed E-state index contributed by atoms with van der Waals surface area (Å²) in [6.07, 6.45) is -4.38. The second kappa shape index (κ2) is 22.2. The van der Waals surface area contributed by atoms with Crippen LogP contribution in [0, 0.1) is 0 Å². The summed E-state index contributed by atoms with van der Waals surface area (Å²) in [6, 6.07) is 40.9. The van der Waals surface area contributed by atoms with Gasteiger partial charge in [-0.3, -0.25) is 5.10 Å². The number of anilines is 4. The molecule has 11 rings (SSSR count). The number of ether oxygens (including phenoxy) is 4. The van der Waals surface area contributed by atoms with E-state index in [4.69, 9.17) is 19.6 Å². The Morgan fingerprint density at radius 1 is 0.557 bits per heavy atom. The standard InChI is InChI=1S/C38H30F3N5O3.C19H16F3N5O3/c1-2-48-35(47)33-29-23-22-25-24-42-36(43-30-20-12-13-21-31(30)49-38(39,40)41)44-32(25)34(29)46(45-33)37(26-14-6-3-7-15-26,27-16-8-4-9-17-27)28-18-10-5-11-19-28;1-2-29-17(28)16-11-8-7-10-9-23-18(25-14(10)15(11)26-27-16)24-12-5-3-4-6-13(12)30-19(20,21)22/h3-21,24H,2,22-23H2,1H3,(H,42,43,44);3-6,9H,2,7-8H2,1H3,(H,26,27)(H,23,24,25). The number of carbonyl (C=O) groups excluding carboxylic acids is 2. The van der Waals surface area contributed by atoms with Crippen LogP contribution in [0.5, 0.6) is 11.5 Å². The van der Waals surface area contributed by atoms with Crippen molar-refractivity contribution in [3.63, 3.8) is 0 Å². The van der Waals surface area contributed by atoms with Crippen LogP contribution in [0.15, 0.2) is 152 Å². The van der Waals surface area contributed by atoms with Gasteiger partial charge in [0.05, 0.1) is 41.7 Å². The van der Waals surface area contributed by atoms with Crippen molar-refractivity contribution in [2.45, 2.75) is 57.8 Å². The van der Waals surface area contributed by atoms with Gasteiger partial charge in [0, 0.05) is 23.5 Å². The van der Waals surface area contributed by atoms with E-state index in [0.717, 1.165) is 27.8 Å². The van der Waals surface area contributed by atoms with Crippen LogP contribution in [0.4, 0.5) is 49.6 Å². The molecule has 3 N–H and O–H groups in total. The van der Waals surface area contributed by atoms with Gasteiger partial charge in [-0.2, -0.15) is 10.2 Å². The first kappa shape index (κ1) is 52.8. The molecule has 0 unspecified atom stereocenters. The minimum atomic E-state index is -4.89. The molecule has 79 heavy (non-hydrogen) atoms. The summed E-state index contributed by atoms with van der Waals surface area (Å²) in [4.78, 5) is 43.6. The monoisotopic (exact) mass is 1080 g/mol. The van der Waals surface area contributed by atoms with Gasteiger partial charge in [0.25, 0.3) is 0 Å². The first-order valence-electron chi connectivity index (χ1n) is 24.8. The highest BCUT2D eigenvalue weighted by Gasteiger charge is 2.45. The van der Waals surface area contributed by atoms with Crippen LogP contribution >= 0.6 is 0 Å². The maximum Gasteiger partial charge on any atom is 0.573 e. The molecule has 2 aliphatic rings. The van der Waals surface area contributed by atoms with E-state index in [1.165, 1.54) is 36.4 Å². The second-order valence-corrected chi connectivity index (χ2v) is 17.7. The van der Waals surface area contributed by atoms with Gasteiger partial charge in [0.2, 0.25) is 11.9 Å². The lowest BCUT2D eigenvalue weighted by Crippen LogP contribution is -2.39. The van der Waals surface area contributed by atoms with Crippen LogP contribution in [0.25, 0.3) is 22.8 Å². The van der Waals surface area contributed by atoms with E-state index < -0.39 is 41.7 Å². The van der Waals surface area contributed by atoms with Gasteiger partial charge >= 0.3 is 24.7 Å². The number of para-hydroxylation sites is 4. The van der Waals surface area contributed by atoms with Crippen molar-refractivity contribution in [2.75, 3.05) is 23.8 Å². The van der Waals surface area contributed by atoms with Crippen molar-refractivity contribution in [3.05, 3.63) is 202 Å². The van der Waals surface area contributed by atoms with E-state index in [-0.39, 0.29) is 47.9 Å². The summed E-state index contributed by atoms with van der Waals surface area (Å²) in [5.74, 6) is -1.78. The number of aryl methyl sites for hydroxylation is 2. The fourth-order valence-corrected chi connectivity index (χ4v) is 9.66. The van der Waals surface area contributed by atoms with Gasteiger partial charge in [0.15, 0.2) is 17.2 Å². The number of halogens is 6. The molecule has 0 saturated heterocycles. The average Bonchev–Trinajstić information content (AvgIpc) is 3.92. The van der Waals surface area contributed by atoms with Crippen LogP contribution in [0.1, 0.15) is 73.8 Å². The normalized spacial score (nSPS) is 12.6. The van der Waals surface area contributed by atoms with Crippen LogP contribution < -0.4 is 20.1 Å². The molecule has 0 fully saturated rings. The van der Waals surface area contributed by atoms with Crippen LogP contribution in [-0.4, -0.2) is 77.8 Å². The minimum absolute atomic E-state index is 0.0312. The van der Waals surface area contributed by atoms with Crippen molar-refractivity contribution in [1.82, 2.24) is 39.9 Å². The van der Waals surface area contributed by atoms with E-state index in [9.17, 15) is 35.9 Å². The third kappa shape index (κ3) is 11.0. The molecule has 22 heteroatoms. The number of nitrogens with one attached hydrogen (secondary N) is 3. The topological polar surface area (TPSA) is 193 Å². The third-order valence-corrected chi connectivity index (χ3v) is 12.9. The maximum atomic E-state index is 13.6. The summed E-state index contributed by atoms with van der Waals surface area (Å²) in [6.45, 7) is 3.85. The highest BCUT2D eigenvalue weighted by atomic mass is 19.4. The number of fused-ring (bicyclic) bond motifs is 6. The molecule has 5 aromatic carbocycles. The molecule has 0 aliphatic heterocycles. The number of H-pyrrole nitrogens is 1. The van der Waals surface area contributed by atoms with Crippen molar-refractivity contribution in [3.8, 4) is 34.3 Å². The Kier molecular flexibility index (Phi) is 14.8. The van der Waals surface area contributed by atoms with Gasteiger partial charge in [0.1, 0.15) is 16.9 Å². The molecule has 2 aliphatic carbocycles. The first-order valence-corrected chi connectivity index (χ1v) is 24.8. The van der Waals surface area contributed by atoms with Gasteiger partial charge < -0.3 is 29.6 Å². The Balaban J connectivity index is 0.000000201. The van der Waals surface area contributed by atoms with Gasteiger partial charge in [-0.15, -0.1) is 26.3 Å². The zero-order chi connectivity index (χ0) is 55.3. The number of aromatic nitrogens is 8. The lowest BCUT2D eigenvalue weighted by Gasteiger charge is -2.38. The SMILES string of the molecule is CCOC(=O)c1[nH]nc2c1CCc1cnc(Nc3ccccc3OC(F)(F)F)nc1-2.CCOC(=O)c1nn(C(c2ccccc2)(c2ccccc2)c2ccccc2)c2c1CCc1cnc(Nc3ccccc3OC(F)(F)F)nc1-2. The molecule has 0 spiro atoms. The van der Waals surface area contributed by atoms with E-state index in [1.54, 1.807) is 38.4 Å². The summed E-state index contributed by atoms with van der Waals surface area (Å²) in [5.41, 5.74) is 7.07. The van der Waals surface area contributed by atoms with Gasteiger partial charge in [-0.1, -0.05) is 115 Å². The van der Waals surface area contributed by atoms with Crippen molar-refractivity contribution in [1.29, 1.82) is 0 Å². The van der Waals surface area contributed by atoms with E-state index >= 15 is 0 Å². The maximum absolute atomic E-state index is 13.6. The Hall–Kier alpha value is -9.60. The summed E-state index contributed by atoms with van der Waals surface area (Å²) >= 11 is 0. The number of alkyl halides is 6. The molecule has 0 atom stereocenters. The highest BCUT2D eigenvalue weighted by Crippen LogP contribution is 2.47. The van der Waals surface area contributed by atoms with Crippen molar-refractivity contribution < 1.29 is 54.9 Å². The van der Waals surface area contributed by atoms with Crippen LogP contribution in [-0.2, 0) is 40.7 Å². The Bertz CT molecular complexity index is 3560. The van der Waals surface area contributed by atoms with Gasteiger partial charge in [-0.25, -0.2) is 34.2 Å². The molecule has 9 aromatic rings. The molecule has 4 heterocycles. The lowest BCUT2D eigenvalue weighted by atomic mass is 9.76. The fourth-order valence-electron chi connectivity index (χ4n) is 9.66. The van der Waals surface area contributed by atoms with E-state index in [0.29, 0.717) is 59.6 Å². The third-order valence-electron chi connectivity index (χ3n) is 12.9. The summed E-state index contributed by atoms with van der Waals surface area (Å²) in [5, 5.41) is 17.6. The predicted molar refractivity (Wildman–Crippen MR) is 277 cm³/mol. The van der Waals surface area contributed by atoms with Crippen LogP contribution in [0.3, 0.4) is 0 Å². The van der Waals surface area contributed by atoms with E-state index in [2.05, 4.69) is 45.3 Å². The molecule has 0 bridgehead atoms. The zero-order valence-electron chi connectivity index (χ0n) is 42.0. The quantitative estimate of drug-likeness (QED) is 0.0529. The summed E-state index contributed by atoms with van der Waals surface area (Å²) < 4.78 is 98.3. The molecule has 4 aromatic heterocycles. The second-order valence-electron chi connectivity index (χ2n) is 17.7. The Labute approximate surface area is 446 Å². The van der Waals surface area contributed by atoms with Gasteiger partial charge in [-0.05, 0) is 91.6 Å². The number of benzene rings is 5. The Morgan fingerprint density at radius 2 is 1.00 bits per heavy atom. The highest BCUT2D eigenvalue weighted by molar-refractivity contribution is 5.93. The number of esters is 2. The summed E-state index contributed by atoms with van der Waals surface area (Å²) in [7, 11) is 0. The lowest BCUT2D eigenvalue weighted by molar-refractivity contribution is -0.275. The molecule has 16 nitrogen and oxygen atoms in total. The molecular formula is C57H46F6N10O6.